The molecule has 29 heavy (non-hydrogen) atoms. The van der Waals surface area contributed by atoms with Crippen LogP contribution in [0.25, 0.3) is 11.4 Å². The first kappa shape index (κ1) is 18.5. The van der Waals surface area contributed by atoms with E-state index in [0.717, 1.165) is 0 Å². The van der Waals surface area contributed by atoms with Crippen molar-refractivity contribution in [3.8, 4) is 17.1 Å². The molecule has 0 saturated heterocycles. The van der Waals surface area contributed by atoms with Crippen molar-refractivity contribution in [2.45, 2.75) is 0 Å². The van der Waals surface area contributed by atoms with Crippen LogP contribution in [0.5, 0.6) is 5.75 Å². The van der Waals surface area contributed by atoms with E-state index in [-0.39, 0.29) is 19.0 Å². The molecule has 1 aliphatic heterocycles. The number of nitrogens with zero attached hydrogens (tertiary/aromatic N) is 6. The van der Waals surface area contributed by atoms with Crippen molar-refractivity contribution in [2.75, 3.05) is 42.4 Å². The van der Waals surface area contributed by atoms with Gasteiger partial charge in [0.15, 0.2) is 17.5 Å². The minimum atomic E-state index is -0.415. The molecule has 10 heteroatoms. The number of nitrogens with one attached hydrogen (secondary N) is 1. The molecule has 0 unspecified atom stereocenters. The number of hydrogen-bond donors (Lipinski definition) is 1. The molecule has 0 bridgehead atoms. The molecular formula is C19H18FN7O2. The number of benzene rings is 1. The van der Waals surface area contributed by atoms with Crippen LogP contribution in [-0.4, -0.2) is 53.2 Å². The molecule has 148 valence electrons. The van der Waals surface area contributed by atoms with E-state index < -0.39 is 11.8 Å². The van der Waals surface area contributed by atoms with Crippen molar-refractivity contribution in [2.24, 2.45) is 0 Å². The number of carbonyl (C=O) groups is 1. The predicted molar refractivity (Wildman–Crippen MR) is 106 cm³/mol. The molecule has 0 radical (unpaired) electrons. The maximum atomic E-state index is 13.7. The summed E-state index contributed by atoms with van der Waals surface area (Å²) in [5.74, 6) is 1.45. The van der Waals surface area contributed by atoms with Gasteiger partial charge in [-0.1, -0.05) is 12.1 Å². The van der Waals surface area contributed by atoms with Crippen molar-refractivity contribution in [3.63, 3.8) is 0 Å². The monoisotopic (exact) mass is 395 g/mol. The first-order valence-electron chi connectivity index (χ1n) is 8.85. The number of urea groups is 1. The molecule has 1 aliphatic rings. The SMILES string of the molecule is CN(C)c1nc(-c2cccc(F)c2)nc2c1OCCN2C(=O)Nc1ccncn1. The second kappa shape index (κ2) is 7.66. The number of amides is 2. The van der Waals surface area contributed by atoms with E-state index in [2.05, 4.69) is 25.3 Å². The second-order valence-corrected chi connectivity index (χ2v) is 6.45. The van der Waals surface area contributed by atoms with Gasteiger partial charge in [-0.05, 0) is 18.2 Å². The Labute approximate surface area is 166 Å². The average molecular weight is 395 g/mol. The number of ether oxygens (including phenoxy) is 1. The molecule has 0 saturated carbocycles. The van der Waals surface area contributed by atoms with Gasteiger partial charge in [-0.2, -0.15) is 0 Å². The van der Waals surface area contributed by atoms with Crippen LogP contribution in [0.1, 0.15) is 0 Å². The van der Waals surface area contributed by atoms with Crippen molar-refractivity contribution in [1.82, 2.24) is 19.9 Å². The molecule has 2 aromatic heterocycles. The minimum Gasteiger partial charge on any atom is -0.485 e. The zero-order valence-electron chi connectivity index (χ0n) is 15.8. The quantitative estimate of drug-likeness (QED) is 0.728. The number of hydrogen-bond acceptors (Lipinski definition) is 7. The van der Waals surface area contributed by atoms with Crippen molar-refractivity contribution >= 4 is 23.5 Å². The first-order valence-corrected chi connectivity index (χ1v) is 8.85. The van der Waals surface area contributed by atoms with E-state index in [1.54, 1.807) is 37.2 Å². The molecule has 1 N–H and O–H groups in total. The summed E-state index contributed by atoms with van der Waals surface area (Å²) >= 11 is 0. The molecule has 0 fully saturated rings. The lowest BCUT2D eigenvalue weighted by molar-refractivity contribution is 0.249. The Morgan fingerprint density at radius 1 is 1.28 bits per heavy atom. The Kier molecular flexibility index (Phi) is 4.90. The van der Waals surface area contributed by atoms with Gasteiger partial charge in [0.1, 0.15) is 24.6 Å². The highest BCUT2D eigenvalue weighted by Crippen LogP contribution is 2.39. The van der Waals surface area contributed by atoms with Gasteiger partial charge in [0.05, 0.1) is 6.54 Å². The summed E-state index contributed by atoms with van der Waals surface area (Å²) in [4.78, 5) is 33.0. The highest BCUT2D eigenvalue weighted by Gasteiger charge is 2.30. The number of anilines is 3. The van der Waals surface area contributed by atoms with Crippen molar-refractivity contribution < 1.29 is 13.9 Å². The van der Waals surface area contributed by atoms with Crippen molar-refractivity contribution in [1.29, 1.82) is 0 Å². The number of rotatable bonds is 3. The van der Waals surface area contributed by atoms with Crippen LogP contribution in [0.4, 0.5) is 26.6 Å². The van der Waals surface area contributed by atoms with Crippen LogP contribution in [0.2, 0.25) is 0 Å². The fourth-order valence-electron chi connectivity index (χ4n) is 2.88. The van der Waals surface area contributed by atoms with Gasteiger partial charge in [-0.15, -0.1) is 0 Å². The van der Waals surface area contributed by atoms with Gasteiger partial charge in [0.2, 0.25) is 5.75 Å². The number of carbonyl (C=O) groups excluding carboxylic acids is 1. The molecular weight excluding hydrogens is 377 g/mol. The van der Waals surface area contributed by atoms with Crippen LogP contribution in [0.3, 0.4) is 0 Å². The van der Waals surface area contributed by atoms with Gasteiger partial charge >= 0.3 is 6.03 Å². The predicted octanol–water partition coefficient (Wildman–Crippen LogP) is 2.57. The maximum Gasteiger partial charge on any atom is 0.328 e. The third-order valence-electron chi connectivity index (χ3n) is 4.22. The summed E-state index contributed by atoms with van der Waals surface area (Å²) in [5.41, 5.74) is 0.498. The molecule has 0 aliphatic carbocycles. The maximum absolute atomic E-state index is 13.7. The van der Waals surface area contributed by atoms with E-state index in [1.165, 1.54) is 29.6 Å². The Bertz CT molecular complexity index is 1050. The fourth-order valence-corrected chi connectivity index (χ4v) is 2.88. The first-order chi connectivity index (χ1) is 14.0. The minimum absolute atomic E-state index is 0.285. The van der Waals surface area contributed by atoms with Gasteiger partial charge in [-0.25, -0.2) is 29.1 Å². The van der Waals surface area contributed by atoms with E-state index in [4.69, 9.17) is 4.74 Å². The van der Waals surface area contributed by atoms with E-state index >= 15 is 0 Å². The smallest absolute Gasteiger partial charge is 0.328 e. The molecule has 1 aromatic carbocycles. The highest BCUT2D eigenvalue weighted by molar-refractivity contribution is 6.02. The summed E-state index contributed by atoms with van der Waals surface area (Å²) in [6.45, 7) is 0.574. The summed E-state index contributed by atoms with van der Waals surface area (Å²) in [6, 6.07) is 7.15. The molecule has 2 amide bonds. The second-order valence-electron chi connectivity index (χ2n) is 6.45. The third kappa shape index (κ3) is 3.77. The van der Waals surface area contributed by atoms with Crippen LogP contribution in [-0.2, 0) is 0 Å². The average Bonchev–Trinajstić information content (AvgIpc) is 2.73. The molecule has 3 aromatic rings. The van der Waals surface area contributed by atoms with Gasteiger partial charge in [0.25, 0.3) is 0 Å². The Balaban J connectivity index is 1.77. The number of fused-ring (bicyclic) bond motifs is 1. The van der Waals surface area contributed by atoms with Crippen LogP contribution >= 0.6 is 0 Å². The third-order valence-corrected chi connectivity index (χ3v) is 4.22. The van der Waals surface area contributed by atoms with Crippen LogP contribution in [0.15, 0.2) is 42.9 Å². The fraction of sp³-hybridized carbons (Fsp3) is 0.211. The molecule has 0 spiro atoms. The summed E-state index contributed by atoms with van der Waals surface area (Å²) in [6.07, 6.45) is 2.88. The lowest BCUT2D eigenvalue weighted by atomic mass is 10.2. The zero-order chi connectivity index (χ0) is 20.4. The summed E-state index contributed by atoms with van der Waals surface area (Å²) in [7, 11) is 3.61. The van der Waals surface area contributed by atoms with E-state index in [0.29, 0.717) is 28.8 Å². The lowest BCUT2D eigenvalue weighted by Crippen LogP contribution is -2.42. The Morgan fingerprint density at radius 3 is 2.86 bits per heavy atom. The van der Waals surface area contributed by atoms with Crippen LogP contribution in [0, 0.1) is 5.82 Å². The topological polar surface area (TPSA) is 96.4 Å². The molecule has 3 heterocycles. The van der Waals surface area contributed by atoms with Gasteiger partial charge in [-0.3, -0.25) is 10.2 Å². The summed E-state index contributed by atoms with van der Waals surface area (Å²) < 4.78 is 19.5. The molecule has 4 rings (SSSR count). The number of halogens is 1. The largest absolute Gasteiger partial charge is 0.485 e. The van der Waals surface area contributed by atoms with Crippen LogP contribution < -0.4 is 19.9 Å². The highest BCUT2D eigenvalue weighted by atomic mass is 19.1. The standard InChI is InChI=1S/C19H18FN7O2/c1-26(2)17-15-18(25-16(24-17)12-4-3-5-13(20)10-12)27(8-9-29-15)19(28)23-14-6-7-21-11-22-14/h3-7,10-11H,8-9H2,1-2H3,(H,21,22,23,28). The van der Waals surface area contributed by atoms with E-state index in [9.17, 15) is 9.18 Å². The normalized spacial score (nSPS) is 12.7. The zero-order valence-corrected chi connectivity index (χ0v) is 15.8. The molecule has 0 atom stereocenters. The van der Waals surface area contributed by atoms with Gasteiger partial charge in [0, 0.05) is 25.9 Å². The van der Waals surface area contributed by atoms with E-state index in [1.807, 2.05) is 0 Å². The Hall–Kier alpha value is -3.82. The molecule has 9 nitrogen and oxygen atoms in total. The lowest BCUT2D eigenvalue weighted by Gasteiger charge is -2.30. The number of aromatic nitrogens is 4. The van der Waals surface area contributed by atoms with Crippen molar-refractivity contribution in [3.05, 3.63) is 48.7 Å². The van der Waals surface area contributed by atoms with Gasteiger partial charge < -0.3 is 9.64 Å². The Morgan fingerprint density at radius 2 is 2.14 bits per heavy atom. The summed E-state index contributed by atoms with van der Waals surface area (Å²) in [5, 5.41) is 2.72.